The van der Waals surface area contributed by atoms with Crippen LogP contribution in [0.2, 0.25) is 0 Å². The molecule has 112 valence electrons. The molecule has 1 atom stereocenters. The number of carbonyl (C=O) groups excluding carboxylic acids is 1. The molecular weight excluding hydrogens is 272 g/mol. The fourth-order valence-corrected chi connectivity index (χ4v) is 2.38. The summed E-state index contributed by atoms with van der Waals surface area (Å²) in [7, 11) is 0.801. The van der Waals surface area contributed by atoms with Crippen molar-refractivity contribution in [2.24, 2.45) is 0 Å². The molecule has 4 nitrogen and oxygen atoms in total. The normalized spacial score (nSPS) is 12.8. The molecule has 0 aliphatic heterocycles. The monoisotopic (exact) mass is 296 g/mol. The Bertz CT molecular complexity index is 495. The highest BCUT2D eigenvalue weighted by molar-refractivity contribution is 7.85. The van der Waals surface area contributed by atoms with E-state index in [1.165, 1.54) is 0 Å². The Morgan fingerprint density at radius 2 is 2.00 bits per heavy atom. The number of rotatable bonds is 4. The van der Waals surface area contributed by atoms with Crippen LogP contribution in [0.4, 0.5) is 10.5 Å². The van der Waals surface area contributed by atoms with Gasteiger partial charge < -0.3 is 10.2 Å². The summed E-state index contributed by atoms with van der Waals surface area (Å²) >= 11 is 0. The minimum absolute atomic E-state index is 0.137. The van der Waals surface area contributed by atoms with E-state index < -0.39 is 10.8 Å². The van der Waals surface area contributed by atoms with Crippen LogP contribution in [0, 0.1) is 0 Å². The number of hydrogen-bond acceptors (Lipinski definition) is 2. The van der Waals surface area contributed by atoms with Gasteiger partial charge in [-0.25, -0.2) is 4.79 Å². The first-order chi connectivity index (χ1) is 9.24. The number of carbonyl (C=O) groups is 1. The lowest BCUT2D eigenvalue weighted by molar-refractivity contribution is 0.224. The molecule has 5 heteroatoms. The number of nitrogens with one attached hydrogen (secondary N) is 1. The van der Waals surface area contributed by atoms with Gasteiger partial charge in [-0.3, -0.25) is 4.21 Å². The largest absolute Gasteiger partial charge is 0.328 e. The number of urea groups is 1. The second-order valence-corrected chi connectivity index (χ2v) is 7.95. The first-order valence-corrected chi connectivity index (χ1v) is 8.05. The van der Waals surface area contributed by atoms with Crippen molar-refractivity contribution in [3.05, 3.63) is 29.8 Å². The molecule has 0 heterocycles. The van der Waals surface area contributed by atoms with Gasteiger partial charge in [-0.05, 0) is 45.4 Å². The van der Waals surface area contributed by atoms with Crippen LogP contribution in [-0.2, 0) is 16.6 Å². The Morgan fingerprint density at radius 1 is 1.35 bits per heavy atom. The quantitative estimate of drug-likeness (QED) is 0.927. The standard InChI is InChI=1S/C15H24N2O2S/c1-6-17(5)14(18)16-13-9-7-8-12(10-13)11-20(19)15(2,3)4/h7-10H,6,11H2,1-5H3,(H,16,18). The van der Waals surface area contributed by atoms with Crippen molar-refractivity contribution in [3.63, 3.8) is 0 Å². The van der Waals surface area contributed by atoms with E-state index >= 15 is 0 Å². The van der Waals surface area contributed by atoms with Crippen molar-refractivity contribution in [3.8, 4) is 0 Å². The van der Waals surface area contributed by atoms with E-state index in [9.17, 15) is 9.00 Å². The summed E-state index contributed by atoms with van der Waals surface area (Å²) in [6, 6.07) is 7.39. The maximum Gasteiger partial charge on any atom is 0.321 e. The minimum atomic E-state index is -0.943. The third kappa shape index (κ3) is 4.96. The van der Waals surface area contributed by atoms with E-state index in [0.717, 1.165) is 11.3 Å². The van der Waals surface area contributed by atoms with Crippen LogP contribution < -0.4 is 5.32 Å². The maximum absolute atomic E-state index is 12.1. The Morgan fingerprint density at radius 3 is 2.55 bits per heavy atom. The second-order valence-electron chi connectivity index (χ2n) is 5.75. The highest BCUT2D eigenvalue weighted by Gasteiger charge is 2.19. The van der Waals surface area contributed by atoms with Gasteiger partial charge in [0, 0.05) is 40.6 Å². The second kappa shape index (κ2) is 6.88. The number of hydrogen-bond donors (Lipinski definition) is 1. The number of anilines is 1. The van der Waals surface area contributed by atoms with Gasteiger partial charge in [-0.2, -0.15) is 0 Å². The summed E-state index contributed by atoms with van der Waals surface area (Å²) in [6.45, 7) is 8.46. The molecule has 1 unspecified atom stereocenters. The molecule has 0 aliphatic rings. The highest BCUT2D eigenvalue weighted by atomic mass is 32.2. The lowest BCUT2D eigenvalue weighted by Crippen LogP contribution is -2.31. The third-order valence-corrected chi connectivity index (χ3v) is 4.94. The lowest BCUT2D eigenvalue weighted by Gasteiger charge is -2.18. The zero-order valence-electron chi connectivity index (χ0n) is 12.9. The van der Waals surface area contributed by atoms with Crippen LogP contribution in [0.25, 0.3) is 0 Å². The zero-order valence-corrected chi connectivity index (χ0v) is 13.7. The summed E-state index contributed by atoms with van der Waals surface area (Å²) in [5.74, 6) is 0.497. The molecule has 1 aromatic carbocycles. The Hall–Kier alpha value is -1.36. The van der Waals surface area contributed by atoms with Crippen LogP contribution in [0.5, 0.6) is 0 Å². The van der Waals surface area contributed by atoms with Crippen molar-refractivity contribution in [1.82, 2.24) is 4.90 Å². The molecule has 1 rings (SSSR count). The van der Waals surface area contributed by atoms with Gasteiger partial charge in [0.2, 0.25) is 0 Å². The maximum atomic E-state index is 12.1. The van der Waals surface area contributed by atoms with E-state index in [1.807, 2.05) is 52.0 Å². The SMILES string of the molecule is CCN(C)C(=O)Nc1cccc(CS(=O)C(C)(C)C)c1. The topological polar surface area (TPSA) is 49.4 Å². The van der Waals surface area contributed by atoms with Crippen LogP contribution in [0.1, 0.15) is 33.3 Å². The van der Waals surface area contributed by atoms with Crippen LogP contribution in [-0.4, -0.2) is 33.5 Å². The summed E-state index contributed by atoms with van der Waals surface area (Å²) in [6.07, 6.45) is 0. The number of benzene rings is 1. The van der Waals surface area contributed by atoms with E-state index in [1.54, 1.807) is 11.9 Å². The lowest BCUT2D eigenvalue weighted by atomic mass is 10.2. The Balaban J connectivity index is 2.76. The summed E-state index contributed by atoms with van der Waals surface area (Å²) in [5.41, 5.74) is 1.70. The molecule has 0 aromatic heterocycles. The van der Waals surface area contributed by atoms with Crippen molar-refractivity contribution < 1.29 is 9.00 Å². The van der Waals surface area contributed by atoms with E-state index in [4.69, 9.17) is 0 Å². The first kappa shape index (κ1) is 16.7. The summed E-state index contributed by atoms with van der Waals surface area (Å²) in [5, 5.41) is 2.83. The average molecular weight is 296 g/mol. The molecule has 2 amide bonds. The van der Waals surface area contributed by atoms with Gasteiger partial charge in [0.1, 0.15) is 0 Å². The fourth-order valence-electron chi connectivity index (χ4n) is 1.47. The molecule has 0 fully saturated rings. The Labute approximate surface area is 124 Å². The Kier molecular flexibility index (Phi) is 5.74. The van der Waals surface area contributed by atoms with E-state index in [-0.39, 0.29) is 10.8 Å². The smallest absolute Gasteiger partial charge is 0.321 e. The van der Waals surface area contributed by atoms with Gasteiger partial charge in [-0.15, -0.1) is 0 Å². The molecule has 0 spiro atoms. The molecular formula is C15H24N2O2S. The fraction of sp³-hybridized carbons (Fsp3) is 0.533. The van der Waals surface area contributed by atoms with Crippen LogP contribution in [0.15, 0.2) is 24.3 Å². The third-order valence-electron chi connectivity index (χ3n) is 2.98. The number of amides is 2. The zero-order chi connectivity index (χ0) is 15.3. The van der Waals surface area contributed by atoms with Gasteiger partial charge >= 0.3 is 6.03 Å². The average Bonchev–Trinajstić information content (AvgIpc) is 2.37. The minimum Gasteiger partial charge on any atom is -0.328 e. The van der Waals surface area contributed by atoms with Crippen LogP contribution in [0.3, 0.4) is 0 Å². The molecule has 0 aliphatic carbocycles. The first-order valence-electron chi connectivity index (χ1n) is 6.73. The summed E-state index contributed by atoms with van der Waals surface area (Å²) in [4.78, 5) is 13.4. The molecule has 0 saturated carbocycles. The van der Waals surface area contributed by atoms with Crippen LogP contribution >= 0.6 is 0 Å². The number of nitrogens with zero attached hydrogens (tertiary/aromatic N) is 1. The van der Waals surface area contributed by atoms with E-state index in [0.29, 0.717) is 12.3 Å². The molecule has 0 saturated heterocycles. The van der Waals surface area contributed by atoms with Crippen molar-refractivity contribution in [2.75, 3.05) is 18.9 Å². The molecule has 0 radical (unpaired) electrons. The molecule has 0 bridgehead atoms. The predicted octanol–water partition coefficient (Wildman–Crippen LogP) is 3.22. The predicted molar refractivity (Wildman–Crippen MR) is 85.4 cm³/mol. The van der Waals surface area contributed by atoms with Gasteiger partial charge in [-0.1, -0.05) is 12.1 Å². The van der Waals surface area contributed by atoms with Crippen molar-refractivity contribution >= 4 is 22.5 Å². The van der Waals surface area contributed by atoms with Gasteiger partial charge in [0.05, 0.1) is 0 Å². The highest BCUT2D eigenvalue weighted by Crippen LogP contribution is 2.18. The molecule has 1 aromatic rings. The molecule has 20 heavy (non-hydrogen) atoms. The van der Waals surface area contributed by atoms with E-state index in [2.05, 4.69) is 5.32 Å². The van der Waals surface area contributed by atoms with Crippen molar-refractivity contribution in [2.45, 2.75) is 38.2 Å². The van der Waals surface area contributed by atoms with Gasteiger partial charge in [0.15, 0.2) is 0 Å². The van der Waals surface area contributed by atoms with Gasteiger partial charge in [0.25, 0.3) is 0 Å². The molecule has 1 N–H and O–H groups in total. The summed E-state index contributed by atoms with van der Waals surface area (Å²) < 4.78 is 11.9. The van der Waals surface area contributed by atoms with Crippen molar-refractivity contribution in [1.29, 1.82) is 0 Å².